The molecular formula is C26H28ClNO3. The Morgan fingerprint density at radius 3 is 2.06 bits per heavy atom. The van der Waals surface area contributed by atoms with E-state index >= 15 is 0 Å². The number of phenolic OH excluding ortho intramolecular Hbond substituents is 2. The first-order valence-electron chi connectivity index (χ1n) is 10.5. The second kappa shape index (κ2) is 10.9. The minimum atomic E-state index is 0.168. The van der Waals surface area contributed by atoms with Crippen molar-refractivity contribution in [2.75, 3.05) is 26.2 Å². The summed E-state index contributed by atoms with van der Waals surface area (Å²) in [6.45, 7) is 7.82. The molecule has 0 aliphatic rings. The molecular weight excluding hydrogens is 410 g/mol. The van der Waals surface area contributed by atoms with Crippen molar-refractivity contribution < 1.29 is 14.9 Å². The molecule has 0 bridgehead atoms. The van der Waals surface area contributed by atoms with Crippen molar-refractivity contribution in [3.05, 3.63) is 89.5 Å². The van der Waals surface area contributed by atoms with Crippen LogP contribution in [0, 0.1) is 0 Å². The van der Waals surface area contributed by atoms with E-state index in [2.05, 4.69) is 18.7 Å². The monoisotopic (exact) mass is 437 g/mol. The van der Waals surface area contributed by atoms with Crippen molar-refractivity contribution in [3.8, 4) is 17.2 Å². The second-order valence-corrected chi connectivity index (χ2v) is 7.56. The molecule has 0 amide bonds. The fraction of sp³-hybridized carbons (Fsp3) is 0.231. The maximum atomic E-state index is 10.0. The lowest BCUT2D eigenvalue weighted by atomic mass is 9.95. The number of phenols is 2. The highest BCUT2D eigenvalue weighted by atomic mass is 35.5. The van der Waals surface area contributed by atoms with E-state index in [1.54, 1.807) is 42.5 Å². The molecule has 4 nitrogen and oxygen atoms in total. The van der Waals surface area contributed by atoms with Crippen molar-refractivity contribution in [2.24, 2.45) is 0 Å². The zero-order valence-electron chi connectivity index (χ0n) is 17.9. The number of benzene rings is 3. The molecule has 0 fully saturated rings. The predicted molar refractivity (Wildman–Crippen MR) is 128 cm³/mol. The molecule has 0 aliphatic carbocycles. The van der Waals surface area contributed by atoms with Crippen LogP contribution in [0.1, 0.15) is 30.5 Å². The third-order valence-corrected chi connectivity index (χ3v) is 5.60. The fourth-order valence-electron chi connectivity index (χ4n) is 3.38. The standard InChI is InChI=1S/C26H28ClNO3/c1-3-28(4-2)16-17-31-24-14-10-19(11-15-24)25(21-6-5-7-23(30)18-21)26(27)20-8-12-22(29)13-9-20/h5-15,18,29-30H,3-4,16-17H2,1-2H3/b26-25-. The fourth-order valence-corrected chi connectivity index (χ4v) is 3.73. The van der Waals surface area contributed by atoms with Gasteiger partial charge in [0.2, 0.25) is 0 Å². The molecule has 0 unspecified atom stereocenters. The first-order chi connectivity index (χ1) is 15.0. The van der Waals surface area contributed by atoms with E-state index in [4.69, 9.17) is 16.3 Å². The Kier molecular flexibility index (Phi) is 7.99. The van der Waals surface area contributed by atoms with Crippen LogP contribution in [0.3, 0.4) is 0 Å². The van der Waals surface area contributed by atoms with E-state index < -0.39 is 0 Å². The Morgan fingerprint density at radius 2 is 1.45 bits per heavy atom. The third-order valence-electron chi connectivity index (χ3n) is 5.19. The number of rotatable bonds is 9. The van der Waals surface area contributed by atoms with Crippen molar-refractivity contribution in [2.45, 2.75) is 13.8 Å². The quantitative estimate of drug-likeness (QED) is 0.405. The van der Waals surface area contributed by atoms with Crippen LogP contribution in [-0.4, -0.2) is 41.4 Å². The minimum Gasteiger partial charge on any atom is -0.508 e. The SMILES string of the molecule is CCN(CC)CCOc1ccc(/C(=C(/Cl)c2ccc(O)cc2)c2cccc(O)c2)cc1. The van der Waals surface area contributed by atoms with Gasteiger partial charge in [0.05, 0.1) is 5.03 Å². The van der Waals surface area contributed by atoms with E-state index in [9.17, 15) is 10.2 Å². The van der Waals surface area contributed by atoms with Gasteiger partial charge in [0.25, 0.3) is 0 Å². The van der Waals surface area contributed by atoms with Crippen molar-refractivity contribution in [1.82, 2.24) is 4.90 Å². The highest BCUT2D eigenvalue weighted by Gasteiger charge is 2.14. The molecule has 3 aromatic rings. The number of halogens is 1. The molecule has 31 heavy (non-hydrogen) atoms. The normalized spacial score (nSPS) is 12.0. The van der Waals surface area contributed by atoms with E-state index in [0.29, 0.717) is 11.6 Å². The van der Waals surface area contributed by atoms with Gasteiger partial charge in [0.1, 0.15) is 23.9 Å². The highest BCUT2D eigenvalue weighted by Crippen LogP contribution is 2.36. The number of hydrogen-bond donors (Lipinski definition) is 2. The molecule has 0 heterocycles. The highest BCUT2D eigenvalue weighted by molar-refractivity contribution is 6.53. The average Bonchev–Trinajstić information content (AvgIpc) is 2.78. The molecule has 0 saturated heterocycles. The summed E-state index contributed by atoms with van der Waals surface area (Å²) in [4.78, 5) is 2.31. The summed E-state index contributed by atoms with van der Waals surface area (Å²) in [5.74, 6) is 1.15. The summed E-state index contributed by atoms with van der Waals surface area (Å²) in [5.41, 5.74) is 3.27. The Hall–Kier alpha value is -2.95. The molecule has 3 rings (SSSR count). The van der Waals surface area contributed by atoms with Gasteiger partial charge >= 0.3 is 0 Å². The summed E-state index contributed by atoms with van der Waals surface area (Å²) in [7, 11) is 0. The van der Waals surface area contributed by atoms with E-state index in [-0.39, 0.29) is 11.5 Å². The van der Waals surface area contributed by atoms with Crippen LogP contribution in [0.5, 0.6) is 17.2 Å². The first kappa shape index (κ1) is 22.7. The maximum absolute atomic E-state index is 10.0. The van der Waals surface area contributed by atoms with Gasteiger partial charge in [0, 0.05) is 12.1 Å². The molecule has 0 saturated carbocycles. The average molecular weight is 438 g/mol. The predicted octanol–water partition coefficient (Wildman–Crippen LogP) is 5.97. The van der Waals surface area contributed by atoms with Gasteiger partial charge in [-0.1, -0.05) is 49.7 Å². The number of aromatic hydroxyl groups is 2. The van der Waals surface area contributed by atoms with E-state index in [1.165, 1.54) is 0 Å². The molecule has 0 aliphatic heterocycles. The number of nitrogens with zero attached hydrogens (tertiary/aromatic N) is 1. The van der Waals surface area contributed by atoms with Crippen molar-refractivity contribution in [1.29, 1.82) is 0 Å². The lowest BCUT2D eigenvalue weighted by Gasteiger charge is -2.18. The van der Waals surface area contributed by atoms with Gasteiger partial charge in [-0.05, 0) is 78.3 Å². The Labute approximate surface area is 189 Å². The van der Waals surface area contributed by atoms with Gasteiger partial charge in [-0.25, -0.2) is 0 Å². The second-order valence-electron chi connectivity index (χ2n) is 7.19. The van der Waals surface area contributed by atoms with Crippen LogP contribution >= 0.6 is 11.6 Å². The molecule has 162 valence electrons. The van der Waals surface area contributed by atoms with Crippen LogP contribution in [-0.2, 0) is 0 Å². The molecule has 3 aromatic carbocycles. The molecule has 0 spiro atoms. The Bertz CT molecular complexity index is 1010. The Morgan fingerprint density at radius 1 is 0.806 bits per heavy atom. The summed E-state index contributed by atoms with van der Waals surface area (Å²) in [6.07, 6.45) is 0. The van der Waals surface area contributed by atoms with Crippen LogP contribution in [0.15, 0.2) is 72.8 Å². The Balaban J connectivity index is 1.91. The van der Waals surface area contributed by atoms with Crippen LogP contribution in [0.4, 0.5) is 0 Å². The molecule has 0 atom stereocenters. The lowest BCUT2D eigenvalue weighted by molar-refractivity contribution is 0.223. The van der Waals surface area contributed by atoms with Crippen molar-refractivity contribution >= 4 is 22.2 Å². The maximum Gasteiger partial charge on any atom is 0.119 e. The van der Waals surface area contributed by atoms with E-state index in [0.717, 1.165) is 47.6 Å². The first-order valence-corrected chi connectivity index (χ1v) is 10.8. The minimum absolute atomic E-state index is 0.168. The van der Waals surface area contributed by atoms with E-state index in [1.807, 2.05) is 30.3 Å². The summed E-state index contributed by atoms with van der Waals surface area (Å²) in [6, 6.07) is 21.6. The zero-order chi connectivity index (χ0) is 22.2. The summed E-state index contributed by atoms with van der Waals surface area (Å²) < 4.78 is 5.90. The number of hydrogen-bond acceptors (Lipinski definition) is 4. The number of ether oxygens (including phenoxy) is 1. The third kappa shape index (κ3) is 6.03. The molecule has 2 N–H and O–H groups in total. The van der Waals surface area contributed by atoms with Gasteiger partial charge in [-0.2, -0.15) is 0 Å². The van der Waals surface area contributed by atoms with Gasteiger partial charge in [-0.15, -0.1) is 0 Å². The summed E-state index contributed by atoms with van der Waals surface area (Å²) in [5, 5.41) is 20.1. The largest absolute Gasteiger partial charge is 0.508 e. The zero-order valence-corrected chi connectivity index (χ0v) is 18.6. The lowest BCUT2D eigenvalue weighted by Crippen LogP contribution is -2.27. The van der Waals surface area contributed by atoms with Crippen LogP contribution in [0.2, 0.25) is 0 Å². The van der Waals surface area contributed by atoms with Gasteiger partial charge in [0.15, 0.2) is 0 Å². The topological polar surface area (TPSA) is 52.9 Å². The van der Waals surface area contributed by atoms with Gasteiger partial charge < -0.3 is 19.8 Å². The van der Waals surface area contributed by atoms with Crippen molar-refractivity contribution in [3.63, 3.8) is 0 Å². The molecule has 0 radical (unpaired) electrons. The van der Waals surface area contributed by atoms with Gasteiger partial charge in [-0.3, -0.25) is 0 Å². The molecule has 0 aromatic heterocycles. The van der Waals surface area contributed by atoms with Crippen LogP contribution in [0.25, 0.3) is 10.6 Å². The molecule has 5 heteroatoms. The number of likely N-dealkylation sites (N-methyl/N-ethyl adjacent to an activating group) is 1. The summed E-state index contributed by atoms with van der Waals surface area (Å²) >= 11 is 6.82. The van der Waals surface area contributed by atoms with Crippen LogP contribution < -0.4 is 4.74 Å². The smallest absolute Gasteiger partial charge is 0.119 e.